The van der Waals surface area contributed by atoms with Crippen LogP contribution in [0, 0.1) is 5.92 Å². The summed E-state index contributed by atoms with van der Waals surface area (Å²) >= 11 is 0. The number of hydrogen-bond acceptors (Lipinski definition) is 4. The first-order valence-corrected chi connectivity index (χ1v) is 6.44. The highest BCUT2D eigenvalue weighted by Crippen LogP contribution is 1.99. The zero-order valence-electron chi connectivity index (χ0n) is 12.1. The van der Waals surface area contributed by atoms with Gasteiger partial charge in [-0.1, -0.05) is 6.92 Å². The monoisotopic (exact) mass is 258 g/mol. The third-order valence-corrected chi connectivity index (χ3v) is 2.18. The van der Waals surface area contributed by atoms with Crippen molar-refractivity contribution in [3.05, 3.63) is 0 Å². The first-order chi connectivity index (χ1) is 8.26. The van der Waals surface area contributed by atoms with Crippen molar-refractivity contribution >= 4 is 11.9 Å². The molecule has 2 N–H and O–H groups in total. The minimum absolute atomic E-state index is 0.0128. The minimum Gasteiger partial charge on any atom is -0.466 e. The van der Waals surface area contributed by atoms with Crippen molar-refractivity contribution < 1.29 is 14.3 Å². The Bertz CT molecular complexity index is 272. The quantitative estimate of drug-likeness (QED) is 0.530. The number of rotatable bonds is 7. The maximum absolute atomic E-state index is 11.5. The van der Waals surface area contributed by atoms with E-state index in [9.17, 15) is 9.59 Å². The Balaban J connectivity index is 3.67. The summed E-state index contributed by atoms with van der Waals surface area (Å²) in [5.41, 5.74) is -0.199. The van der Waals surface area contributed by atoms with E-state index in [1.54, 1.807) is 13.8 Å². The third-order valence-electron chi connectivity index (χ3n) is 2.18. The zero-order valence-corrected chi connectivity index (χ0v) is 12.1. The van der Waals surface area contributed by atoms with Crippen LogP contribution in [0.2, 0.25) is 0 Å². The number of hydrogen-bond donors (Lipinski definition) is 2. The van der Waals surface area contributed by atoms with Gasteiger partial charge in [-0.3, -0.25) is 9.59 Å². The Labute approximate surface area is 110 Å². The second kappa shape index (κ2) is 8.08. The largest absolute Gasteiger partial charge is 0.466 e. The minimum atomic E-state index is -0.204. The van der Waals surface area contributed by atoms with E-state index in [-0.39, 0.29) is 23.3 Å². The molecule has 0 radical (unpaired) electrons. The van der Waals surface area contributed by atoms with E-state index in [1.807, 2.05) is 20.8 Å². The fraction of sp³-hybridized carbons (Fsp3) is 0.846. The molecule has 0 heterocycles. The van der Waals surface area contributed by atoms with E-state index in [0.29, 0.717) is 26.1 Å². The van der Waals surface area contributed by atoms with Crippen molar-refractivity contribution in [3.8, 4) is 0 Å². The van der Waals surface area contributed by atoms with E-state index in [4.69, 9.17) is 4.74 Å². The molecule has 0 bridgehead atoms. The van der Waals surface area contributed by atoms with Crippen LogP contribution in [-0.4, -0.2) is 37.1 Å². The fourth-order valence-corrected chi connectivity index (χ4v) is 1.37. The topological polar surface area (TPSA) is 67.4 Å². The van der Waals surface area contributed by atoms with E-state index >= 15 is 0 Å². The van der Waals surface area contributed by atoms with Gasteiger partial charge in [0.15, 0.2) is 0 Å². The van der Waals surface area contributed by atoms with E-state index < -0.39 is 0 Å². The molecule has 0 saturated carbocycles. The molecule has 106 valence electrons. The maximum atomic E-state index is 11.5. The van der Waals surface area contributed by atoms with Crippen LogP contribution in [0.4, 0.5) is 0 Å². The maximum Gasteiger partial charge on any atom is 0.309 e. The third kappa shape index (κ3) is 8.98. The second-order valence-corrected chi connectivity index (χ2v) is 5.41. The molecule has 5 nitrogen and oxygen atoms in total. The molecule has 5 heteroatoms. The molecule has 0 saturated heterocycles. The average Bonchev–Trinajstić information content (AvgIpc) is 2.21. The molecule has 1 unspecified atom stereocenters. The molecule has 1 amide bonds. The lowest BCUT2D eigenvalue weighted by molar-refractivity contribution is -0.147. The molecular formula is C13H26N2O3. The van der Waals surface area contributed by atoms with Gasteiger partial charge in [-0.25, -0.2) is 0 Å². The summed E-state index contributed by atoms with van der Waals surface area (Å²) in [6, 6.07) is 0. The first-order valence-electron chi connectivity index (χ1n) is 6.44. The Kier molecular flexibility index (Phi) is 7.59. The number of carbonyl (C=O) groups is 2. The average molecular weight is 258 g/mol. The highest BCUT2D eigenvalue weighted by atomic mass is 16.5. The van der Waals surface area contributed by atoms with Crippen LogP contribution in [0.25, 0.3) is 0 Å². The number of ether oxygens (including phenoxy) is 1. The summed E-state index contributed by atoms with van der Waals surface area (Å²) in [6.07, 6.45) is 0.410. The number of esters is 1. The number of carbonyl (C=O) groups excluding carboxylic acids is 2. The van der Waals surface area contributed by atoms with Crippen LogP contribution < -0.4 is 10.6 Å². The zero-order chi connectivity index (χ0) is 14.2. The van der Waals surface area contributed by atoms with Crippen molar-refractivity contribution in [1.29, 1.82) is 0 Å². The van der Waals surface area contributed by atoms with Gasteiger partial charge >= 0.3 is 5.97 Å². The van der Waals surface area contributed by atoms with Gasteiger partial charge in [-0.2, -0.15) is 0 Å². The summed E-state index contributed by atoms with van der Waals surface area (Å²) in [7, 11) is 0. The van der Waals surface area contributed by atoms with E-state index in [2.05, 4.69) is 10.6 Å². The summed E-state index contributed by atoms with van der Waals surface area (Å²) in [5, 5.41) is 5.96. The Morgan fingerprint density at radius 3 is 2.39 bits per heavy atom. The highest BCUT2D eigenvalue weighted by Gasteiger charge is 2.15. The summed E-state index contributed by atoms with van der Waals surface area (Å²) in [5.74, 6) is -0.376. The van der Waals surface area contributed by atoms with Crippen molar-refractivity contribution in [1.82, 2.24) is 10.6 Å². The van der Waals surface area contributed by atoms with Gasteiger partial charge in [0.2, 0.25) is 5.91 Å². The van der Waals surface area contributed by atoms with Crippen LogP contribution in [0.15, 0.2) is 0 Å². The van der Waals surface area contributed by atoms with Crippen molar-refractivity contribution in [3.63, 3.8) is 0 Å². The van der Waals surface area contributed by atoms with Gasteiger partial charge < -0.3 is 15.4 Å². The lowest BCUT2D eigenvalue weighted by atomic mass is 10.1. The van der Waals surface area contributed by atoms with Gasteiger partial charge in [-0.15, -0.1) is 0 Å². The molecule has 0 aromatic carbocycles. The van der Waals surface area contributed by atoms with Crippen molar-refractivity contribution in [2.45, 2.75) is 46.6 Å². The van der Waals surface area contributed by atoms with E-state index in [1.165, 1.54) is 0 Å². The fourth-order valence-electron chi connectivity index (χ4n) is 1.37. The lowest BCUT2D eigenvalue weighted by Gasteiger charge is -2.20. The molecule has 0 rings (SSSR count). The summed E-state index contributed by atoms with van der Waals surface area (Å²) < 4.78 is 4.89. The molecule has 0 aromatic rings. The van der Waals surface area contributed by atoms with Crippen LogP contribution in [0.3, 0.4) is 0 Å². The molecular weight excluding hydrogens is 232 g/mol. The summed E-state index contributed by atoms with van der Waals surface area (Å²) in [4.78, 5) is 22.8. The highest BCUT2D eigenvalue weighted by molar-refractivity contribution is 5.76. The standard InChI is InChI=1S/C13H26N2O3/c1-6-18-12(17)10(2)9-14-8-7-11(16)15-13(3,4)5/h10,14H,6-9H2,1-5H3,(H,15,16). The second-order valence-electron chi connectivity index (χ2n) is 5.41. The summed E-state index contributed by atoms with van der Waals surface area (Å²) in [6.45, 7) is 10.9. The van der Waals surface area contributed by atoms with Gasteiger partial charge in [0.05, 0.1) is 12.5 Å². The lowest BCUT2D eigenvalue weighted by Crippen LogP contribution is -2.41. The molecule has 1 atom stereocenters. The molecule has 0 aliphatic rings. The van der Waals surface area contributed by atoms with Crippen molar-refractivity contribution in [2.24, 2.45) is 5.92 Å². The van der Waals surface area contributed by atoms with Gasteiger partial charge in [0.25, 0.3) is 0 Å². The van der Waals surface area contributed by atoms with Crippen molar-refractivity contribution in [2.75, 3.05) is 19.7 Å². The molecule has 0 aromatic heterocycles. The Morgan fingerprint density at radius 1 is 1.28 bits per heavy atom. The molecule has 0 spiro atoms. The van der Waals surface area contributed by atoms with Crippen LogP contribution >= 0.6 is 0 Å². The molecule has 0 fully saturated rings. The molecule has 18 heavy (non-hydrogen) atoms. The Hall–Kier alpha value is -1.10. The molecule has 0 aliphatic carbocycles. The van der Waals surface area contributed by atoms with Crippen LogP contribution in [-0.2, 0) is 14.3 Å². The van der Waals surface area contributed by atoms with Crippen LogP contribution in [0.1, 0.15) is 41.0 Å². The number of nitrogens with one attached hydrogen (secondary N) is 2. The SMILES string of the molecule is CCOC(=O)C(C)CNCCC(=O)NC(C)(C)C. The predicted octanol–water partition coefficient (Wildman–Crippen LogP) is 1.08. The molecule has 0 aliphatic heterocycles. The first kappa shape index (κ1) is 16.9. The number of amides is 1. The normalized spacial score (nSPS) is 12.9. The predicted molar refractivity (Wildman–Crippen MR) is 71.2 cm³/mol. The Morgan fingerprint density at radius 2 is 1.89 bits per heavy atom. The van der Waals surface area contributed by atoms with Gasteiger partial charge in [-0.05, 0) is 27.7 Å². The van der Waals surface area contributed by atoms with Gasteiger partial charge in [0, 0.05) is 25.0 Å². The van der Waals surface area contributed by atoms with Gasteiger partial charge in [0.1, 0.15) is 0 Å². The van der Waals surface area contributed by atoms with E-state index in [0.717, 1.165) is 0 Å². The van der Waals surface area contributed by atoms with Crippen LogP contribution in [0.5, 0.6) is 0 Å². The smallest absolute Gasteiger partial charge is 0.309 e.